The summed E-state index contributed by atoms with van der Waals surface area (Å²) in [5, 5.41) is 12.4. The maximum atomic E-state index is 11.9. The van der Waals surface area contributed by atoms with Gasteiger partial charge in [-0.2, -0.15) is 0 Å². The average Bonchev–Trinajstić information content (AvgIpc) is 2.46. The Kier molecular flexibility index (Phi) is 4.74. The predicted octanol–water partition coefficient (Wildman–Crippen LogP) is 1.39. The number of rotatable bonds is 4. The minimum atomic E-state index is -0.318. The molecule has 2 N–H and O–H groups in total. The Morgan fingerprint density at radius 2 is 2.21 bits per heavy atom. The molecular formula is C14H21N3O2. The van der Waals surface area contributed by atoms with Crippen molar-refractivity contribution in [2.45, 2.75) is 32.2 Å². The summed E-state index contributed by atoms with van der Waals surface area (Å²) in [5.74, 6) is -0.396. The molecular weight excluding hydrogens is 242 g/mol. The van der Waals surface area contributed by atoms with Gasteiger partial charge in [0.2, 0.25) is 0 Å². The van der Waals surface area contributed by atoms with Crippen LogP contribution in [0.1, 0.15) is 36.7 Å². The fourth-order valence-corrected chi connectivity index (χ4v) is 2.38. The van der Waals surface area contributed by atoms with Gasteiger partial charge in [0.15, 0.2) is 5.69 Å². The van der Waals surface area contributed by atoms with E-state index < -0.39 is 0 Å². The molecule has 0 radical (unpaired) electrons. The molecule has 5 heteroatoms. The van der Waals surface area contributed by atoms with E-state index in [0.717, 1.165) is 13.1 Å². The second-order valence-electron chi connectivity index (χ2n) is 5.03. The molecule has 1 saturated heterocycles. The first-order chi connectivity index (χ1) is 9.18. The van der Waals surface area contributed by atoms with Gasteiger partial charge in [-0.3, -0.25) is 9.69 Å². The Morgan fingerprint density at radius 3 is 2.89 bits per heavy atom. The lowest BCUT2D eigenvalue weighted by molar-refractivity contribution is 0.0922. The number of carbonyl (C=O) groups is 1. The largest absolute Gasteiger partial charge is 0.505 e. The van der Waals surface area contributed by atoms with Gasteiger partial charge in [-0.25, -0.2) is 4.98 Å². The first-order valence-corrected chi connectivity index (χ1v) is 6.84. The van der Waals surface area contributed by atoms with Gasteiger partial charge in [-0.1, -0.05) is 6.42 Å². The van der Waals surface area contributed by atoms with Gasteiger partial charge < -0.3 is 10.4 Å². The molecule has 1 unspecified atom stereocenters. The highest BCUT2D eigenvalue weighted by Crippen LogP contribution is 2.13. The monoisotopic (exact) mass is 263 g/mol. The molecule has 1 aromatic rings. The third-order valence-corrected chi connectivity index (χ3v) is 3.57. The number of hydrogen-bond donors (Lipinski definition) is 2. The van der Waals surface area contributed by atoms with Crippen LogP contribution in [0, 0.1) is 0 Å². The van der Waals surface area contributed by atoms with Crippen molar-refractivity contribution in [2.24, 2.45) is 0 Å². The molecule has 1 amide bonds. The highest BCUT2D eigenvalue weighted by molar-refractivity contribution is 5.94. The summed E-state index contributed by atoms with van der Waals surface area (Å²) in [5.41, 5.74) is 0.0911. The molecule has 0 spiro atoms. The minimum absolute atomic E-state index is 0.0781. The van der Waals surface area contributed by atoms with Crippen LogP contribution in [0.2, 0.25) is 0 Å². The lowest BCUT2D eigenvalue weighted by atomic mass is 10.1. The van der Waals surface area contributed by atoms with Crippen LogP contribution in [0.5, 0.6) is 5.75 Å². The van der Waals surface area contributed by atoms with Crippen LogP contribution >= 0.6 is 0 Å². The number of nitrogens with zero attached hydrogens (tertiary/aromatic N) is 2. The molecule has 0 saturated carbocycles. The van der Waals surface area contributed by atoms with E-state index in [0.29, 0.717) is 12.6 Å². The molecule has 1 aromatic heterocycles. The quantitative estimate of drug-likeness (QED) is 0.861. The van der Waals surface area contributed by atoms with E-state index in [4.69, 9.17) is 0 Å². The summed E-state index contributed by atoms with van der Waals surface area (Å²) >= 11 is 0. The molecule has 2 heterocycles. The Hall–Kier alpha value is -1.62. The molecule has 1 aliphatic rings. The summed E-state index contributed by atoms with van der Waals surface area (Å²) in [6, 6.07) is 3.38. The zero-order valence-electron chi connectivity index (χ0n) is 11.3. The first-order valence-electron chi connectivity index (χ1n) is 6.84. The SMILES string of the molecule is CC(CNC(=O)c1ncccc1O)N1CCCCC1. The van der Waals surface area contributed by atoms with Crippen molar-refractivity contribution in [1.29, 1.82) is 0 Å². The van der Waals surface area contributed by atoms with Crippen molar-refractivity contribution in [3.05, 3.63) is 24.0 Å². The number of hydrogen-bond acceptors (Lipinski definition) is 4. The normalized spacial score (nSPS) is 17.9. The molecule has 104 valence electrons. The fourth-order valence-electron chi connectivity index (χ4n) is 2.38. The van der Waals surface area contributed by atoms with Crippen LogP contribution in [0.25, 0.3) is 0 Å². The van der Waals surface area contributed by atoms with E-state index in [1.54, 1.807) is 6.07 Å². The van der Waals surface area contributed by atoms with E-state index in [9.17, 15) is 9.90 Å². The second-order valence-corrected chi connectivity index (χ2v) is 5.03. The fraction of sp³-hybridized carbons (Fsp3) is 0.571. The predicted molar refractivity (Wildman–Crippen MR) is 73.1 cm³/mol. The Bertz CT molecular complexity index is 430. The summed E-state index contributed by atoms with van der Waals surface area (Å²) in [6.07, 6.45) is 5.28. The zero-order valence-corrected chi connectivity index (χ0v) is 11.3. The number of aromatic nitrogens is 1. The highest BCUT2D eigenvalue weighted by atomic mass is 16.3. The van der Waals surface area contributed by atoms with E-state index in [-0.39, 0.29) is 17.4 Å². The second kappa shape index (κ2) is 6.52. The Balaban J connectivity index is 1.84. The topological polar surface area (TPSA) is 65.5 Å². The van der Waals surface area contributed by atoms with E-state index >= 15 is 0 Å². The van der Waals surface area contributed by atoms with Crippen molar-refractivity contribution < 1.29 is 9.90 Å². The van der Waals surface area contributed by atoms with E-state index in [1.807, 2.05) is 0 Å². The Labute approximate surface area is 113 Å². The lowest BCUT2D eigenvalue weighted by Gasteiger charge is -2.32. The maximum Gasteiger partial charge on any atom is 0.273 e. The number of carbonyl (C=O) groups excluding carboxylic acids is 1. The molecule has 0 aromatic carbocycles. The van der Waals surface area contributed by atoms with Crippen molar-refractivity contribution in [3.63, 3.8) is 0 Å². The summed E-state index contributed by atoms with van der Waals surface area (Å²) in [7, 11) is 0. The van der Waals surface area contributed by atoms with Gasteiger partial charge in [0, 0.05) is 18.8 Å². The van der Waals surface area contributed by atoms with Crippen LogP contribution in [-0.4, -0.2) is 46.6 Å². The molecule has 1 fully saturated rings. The van der Waals surface area contributed by atoms with Gasteiger partial charge >= 0.3 is 0 Å². The molecule has 0 bridgehead atoms. The number of pyridine rings is 1. The molecule has 1 atom stereocenters. The van der Waals surface area contributed by atoms with Crippen LogP contribution in [0.4, 0.5) is 0 Å². The molecule has 19 heavy (non-hydrogen) atoms. The van der Waals surface area contributed by atoms with Crippen molar-refractivity contribution in [3.8, 4) is 5.75 Å². The van der Waals surface area contributed by atoms with Gasteiger partial charge in [0.05, 0.1) is 0 Å². The lowest BCUT2D eigenvalue weighted by Crippen LogP contribution is -2.44. The standard InChI is InChI=1S/C14H21N3O2/c1-11(17-8-3-2-4-9-17)10-16-14(19)13-12(18)6-5-7-15-13/h5-7,11,18H,2-4,8-10H2,1H3,(H,16,19). The van der Waals surface area contributed by atoms with Crippen molar-refractivity contribution >= 4 is 5.91 Å². The Morgan fingerprint density at radius 1 is 1.47 bits per heavy atom. The van der Waals surface area contributed by atoms with Crippen molar-refractivity contribution in [2.75, 3.05) is 19.6 Å². The van der Waals surface area contributed by atoms with Crippen LogP contribution in [-0.2, 0) is 0 Å². The minimum Gasteiger partial charge on any atom is -0.505 e. The van der Waals surface area contributed by atoms with E-state index in [2.05, 4.69) is 22.1 Å². The van der Waals surface area contributed by atoms with Crippen LogP contribution in [0.3, 0.4) is 0 Å². The first kappa shape index (κ1) is 13.8. The summed E-state index contributed by atoms with van der Waals surface area (Å²) in [6.45, 7) is 4.90. The third-order valence-electron chi connectivity index (χ3n) is 3.57. The average molecular weight is 263 g/mol. The molecule has 5 nitrogen and oxygen atoms in total. The van der Waals surface area contributed by atoms with Crippen molar-refractivity contribution in [1.82, 2.24) is 15.2 Å². The van der Waals surface area contributed by atoms with E-state index in [1.165, 1.54) is 31.5 Å². The molecule has 0 aliphatic carbocycles. The number of nitrogens with one attached hydrogen (secondary N) is 1. The zero-order chi connectivity index (χ0) is 13.7. The molecule has 2 rings (SSSR count). The van der Waals surface area contributed by atoms with Crippen LogP contribution in [0.15, 0.2) is 18.3 Å². The van der Waals surface area contributed by atoms with Gasteiger partial charge in [-0.05, 0) is 45.0 Å². The number of amides is 1. The summed E-state index contributed by atoms with van der Waals surface area (Å²) < 4.78 is 0. The third kappa shape index (κ3) is 3.67. The van der Waals surface area contributed by atoms with Gasteiger partial charge in [-0.15, -0.1) is 0 Å². The maximum absolute atomic E-state index is 11.9. The van der Waals surface area contributed by atoms with Crippen LogP contribution < -0.4 is 5.32 Å². The van der Waals surface area contributed by atoms with Gasteiger partial charge in [0.25, 0.3) is 5.91 Å². The number of aromatic hydroxyl groups is 1. The molecule has 1 aliphatic heterocycles. The van der Waals surface area contributed by atoms with Gasteiger partial charge in [0.1, 0.15) is 5.75 Å². The smallest absolute Gasteiger partial charge is 0.273 e. The summed E-state index contributed by atoms with van der Waals surface area (Å²) in [4.78, 5) is 18.2. The number of piperidine rings is 1. The number of likely N-dealkylation sites (tertiary alicyclic amines) is 1. The highest BCUT2D eigenvalue weighted by Gasteiger charge is 2.18.